The van der Waals surface area contributed by atoms with E-state index >= 15 is 0 Å². The summed E-state index contributed by atoms with van der Waals surface area (Å²) in [7, 11) is 1.49. The molecule has 0 aliphatic carbocycles. The van der Waals surface area contributed by atoms with E-state index in [1.165, 1.54) is 7.05 Å². The van der Waals surface area contributed by atoms with Crippen molar-refractivity contribution < 1.29 is 19.1 Å². The summed E-state index contributed by atoms with van der Waals surface area (Å²) in [5, 5.41) is 5.52. The second-order valence-corrected chi connectivity index (χ2v) is 4.98. The van der Waals surface area contributed by atoms with Gasteiger partial charge in [0.1, 0.15) is 9.88 Å². The van der Waals surface area contributed by atoms with Crippen LogP contribution < -0.4 is 10.6 Å². The third kappa shape index (κ3) is 3.36. The first-order valence-corrected chi connectivity index (χ1v) is 7.10. The molecule has 20 heavy (non-hydrogen) atoms. The molecular formula is C13H18N2O4S. The molecule has 0 bridgehead atoms. The van der Waals surface area contributed by atoms with Crippen molar-refractivity contribution in [2.75, 3.05) is 19.0 Å². The number of hydrogen-bond acceptors (Lipinski definition) is 5. The standard InChI is InChI=1S/C13H18N2O4S/c1-5-8(16)15-12-9(11(17)14-4)7(3)10(20-12)13(18)19-6-2/h5-6H2,1-4H3,(H,14,17)(H,15,16). The minimum absolute atomic E-state index is 0.216. The maximum absolute atomic E-state index is 11.9. The van der Waals surface area contributed by atoms with Crippen LogP contribution in [0.1, 0.15) is 45.9 Å². The van der Waals surface area contributed by atoms with Gasteiger partial charge >= 0.3 is 5.97 Å². The molecule has 6 nitrogen and oxygen atoms in total. The van der Waals surface area contributed by atoms with Crippen molar-refractivity contribution in [1.29, 1.82) is 0 Å². The zero-order valence-corrected chi connectivity index (χ0v) is 12.8. The van der Waals surface area contributed by atoms with E-state index in [0.717, 1.165) is 11.3 Å². The molecule has 0 aliphatic heterocycles. The zero-order chi connectivity index (χ0) is 15.3. The topological polar surface area (TPSA) is 84.5 Å². The van der Waals surface area contributed by atoms with Crippen LogP contribution in [-0.4, -0.2) is 31.4 Å². The fourth-order valence-corrected chi connectivity index (χ4v) is 2.72. The summed E-state index contributed by atoms with van der Waals surface area (Å²) in [5.74, 6) is -1.05. The van der Waals surface area contributed by atoms with Gasteiger partial charge in [-0.1, -0.05) is 6.92 Å². The summed E-state index contributed by atoms with van der Waals surface area (Å²) in [5.41, 5.74) is 0.821. The second kappa shape index (κ2) is 7.04. The molecule has 1 aromatic heterocycles. The van der Waals surface area contributed by atoms with Crippen molar-refractivity contribution in [2.24, 2.45) is 0 Å². The Morgan fingerprint density at radius 1 is 1.25 bits per heavy atom. The molecule has 0 aliphatic rings. The average Bonchev–Trinajstić information content (AvgIpc) is 2.75. The van der Waals surface area contributed by atoms with Gasteiger partial charge in [0.05, 0.1) is 12.2 Å². The van der Waals surface area contributed by atoms with Crippen molar-refractivity contribution in [2.45, 2.75) is 27.2 Å². The molecule has 1 aromatic rings. The molecule has 0 fully saturated rings. The quantitative estimate of drug-likeness (QED) is 0.814. The van der Waals surface area contributed by atoms with Crippen LogP contribution in [0.5, 0.6) is 0 Å². The highest BCUT2D eigenvalue weighted by molar-refractivity contribution is 7.18. The van der Waals surface area contributed by atoms with E-state index in [9.17, 15) is 14.4 Å². The van der Waals surface area contributed by atoms with E-state index in [-0.39, 0.29) is 18.4 Å². The lowest BCUT2D eigenvalue weighted by Crippen LogP contribution is -2.21. The van der Waals surface area contributed by atoms with Crippen molar-refractivity contribution >= 4 is 34.1 Å². The molecule has 0 radical (unpaired) electrons. The van der Waals surface area contributed by atoms with Gasteiger partial charge in [0.25, 0.3) is 5.91 Å². The lowest BCUT2D eigenvalue weighted by atomic mass is 10.1. The number of carbonyl (C=O) groups excluding carboxylic acids is 3. The van der Waals surface area contributed by atoms with Crippen LogP contribution in [0, 0.1) is 6.92 Å². The summed E-state index contributed by atoms with van der Waals surface area (Å²) in [6.45, 7) is 5.33. The van der Waals surface area contributed by atoms with Crippen molar-refractivity contribution in [1.82, 2.24) is 5.32 Å². The number of rotatable bonds is 5. The number of carbonyl (C=O) groups is 3. The number of nitrogens with one attached hydrogen (secondary N) is 2. The highest BCUT2D eigenvalue weighted by Crippen LogP contribution is 2.33. The summed E-state index contributed by atoms with van der Waals surface area (Å²) in [4.78, 5) is 35.6. The van der Waals surface area contributed by atoms with Gasteiger partial charge in [-0.15, -0.1) is 11.3 Å². The van der Waals surface area contributed by atoms with Crippen molar-refractivity contribution in [3.63, 3.8) is 0 Å². The Morgan fingerprint density at radius 2 is 1.90 bits per heavy atom. The normalized spacial score (nSPS) is 10.0. The van der Waals surface area contributed by atoms with E-state index in [2.05, 4.69) is 10.6 Å². The van der Waals surface area contributed by atoms with Gasteiger partial charge in [0.15, 0.2) is 0 Å². The van der Waals surface area contributed by atoms with E-state index in [0.29, 0.717) is 27.4 Å². The number of esters is 1. The molecule has 2 amide bonds. The first-order chi connectivity index (χ1) is 9.46. The van der Waals surface area contributed by atoms with Gasteiger partial charge in [-0.05, 0) is 19.4 Å². The monoisotopic (exact) mass is 298 g/mol. The number of hydrogen-bond donors (Lipinski definition) is 2. The molecule has 0 saturated carbocycles. The number of amides is 2. The summed E-state index contributed by atoms with van der Waals surface area (Å²) < 4.78 is 4.95. The molecule has 7 heteroatoms. The van der Waals surface area contributed by atoms with Gasteiger partial charge in [-0.25, -0.2) is 4.79 Å². The number of anilines is 1. The molecule has 110 valence electrons. The molecule has 0 unspecified atom stereocenters. The van der Waals surface area contributed by atoms with E-state index in [1.54, 1.807) is 20.8 Å². The molecular weight excluding hydrogens is 280 g/mol. The minimum Gasteiger partial charge on any atom is -0.462 e. The predicted octanol–water partition coefficient (Wildman–Crippen LogP) is 1.94. The Bertz CT molecular complexity index is 537. The van der Waals surface area contributed by atoms with Gasteiger partial charge < -0.3 is 15.4 Å². The predicted molar refractivity (Wildman–Crippen MR) is 77.3 cm³/mol. The summed E-state index contributed by atoms with van der Waals surface area (Å²) in [6.07, 6.45) is 0.291. The highest BCUT2D eigenvalue weighted by Gasteiger charge is 2.25. The second-order valence-electron chi connectivity index (χ2n) is 3.96. The van der Waals surface area contributed by atoms with E-state index < -0.39 is 5.97 Å². The van der Waals surface area contributed by atoms with Crippen molar-refractivity contribution in [3.8, 4) is 0 Å². The molecule has 2 N–H and O–H groups in total. The fraction of sp³-hybridized carbons (Fsp3) is 0.462. The third-order valence-corrected chi connectivity index (χ3v) is 3.82. The van der Waals surface area contributed by atoms with E-state index in [4.69, 9.17) is 4.74 Å². The Hall–Kier alpha value is -1.89. The minimum atomic E-state index is -0.489. The van der Waals surface area contributed by atoms with Crippen LogP contribution in [0.25, 0.3) is 0 Å². The summed E-state index contributed by atoms with van der Waals surface area (Å²) in [6, 6.07) is 0. The molecule has 0 spiro atoms. The lowest BCUT2D eigenvalue weighted by molar-refractivity contribution is -0.115. The van der Waals surface area contributed by atoms with E-state index in [1.807, 2.05) is 0 Å². The van der Waals surface area contributed by atoms with Crippen LogP contribution in [0.3, 0.4) is 0 Å². The van der Waals surface area contributed by atoms with Crippen LogP contribution in [0.4, 0.5) is 5.00 Å². The lowest BCUT2D eigenvalue weighted by Gasteiger charge is -2.05. The van der Waals surface area contributed by atoms with Crippen LogP contribution in [-0.2, 0) is 9.53 Å². The molecule has 0 aromatic carbocycles. The van der Waals surface area contributed by atoms with Gasteiger partial charge in [-0.3, -0.25) is 9.59 Å². The van der Waals surface area contributed by atoms with Gasteiger partial charge in [0, 0.05) is 13.5 Å². The Balaban J connectivity index is 3.27. The molecule has 0 atom stereocenters. The maximum atomic E-state index is 11.9. The van der Waals surface area contributed by atoms with Crippen molar-refractivity contribution in [3.05, 3.63) is 16.0 Å². The first kappa shape index (κ1) is 16.2. The fourth-order valence-electron chi connectivity index (χ4n) is 1.61. The van der Waals surface area contributed by atoms with Crippen LogP contribution in [0.15, 0.2) is 0 Å². The molecule has 1 rings (SSSR count). The zero-order valence-electron chi connectivity index (χ0n) is 12.0. The Morgan fingerprint density at radius 3 is 2.40 bits per heavy atom. The van der Waals surface area contributed by atoms with Gasteiger partial charge in [0.2, 0.25) is 5.91 Å². The third-order valence-electron chi connectivity index (χ3n) is 2.64. The van der Waals surface area contributed by atoms with Crippen LogP contribution >= 0.6 is 11.3 Å². The SMILES string of the molecule is CCOC(=O)c1sc(NC(=O)CC)c(C(=O)NC)c1C. The number of thiophene rings is 1. The maximum Gasteiger partial charge on any atom is 0.348 e. The molecule has 1 heterocycles. The molecule has 0 saturated heterocycles. The first-order valence-electron chi connectivity index (χ1n) is 6.28. The number of ether oxygens (including phenoxy) is 1. The van der Waals surface area contributed by atoms with Gasteiger partial charge in [-0.2, -0.15) is 0 Å². The Labute approximate surface area is 121 Å². The van der Waals surface area contributed by atoms with Crippen LogP contribution in [0.2, 0.25) is 0 Å². The summed E-state index contributed by atoms with van der Waals surface area (Å²) >= 11 is 1.05. The highest BCUT2D eigenvalue weighted by atomic mass is 32.1. The average molecular weight is 298 g/mol. The Kier molecular flexibility index (Phi) is 5.69. The smallest absolute Gasteiger partial charge is 0.348 e. The largest absolute Gasteiger partial charge is 0.462 e.